The van der Waals surface area contributed by atoms with E-state index in [1.807, 2.05) is 0 Å². The maximum absolute atomic E-state index is 11.8. The number of carboxylic acids is 1. The number of nitrogens with one attached hydrogen (secondary N) is 2. The molecule has 1 amide bonds. The van der Waals surface area contributed by atoms with Gasteiger partial charge >= 0.3 is 5.97 Å². The number of primary amides is 1. The number of rotatable bonds is 8. The molecule has 3 rings (SSSR count). The summed E-state index contributed by atoms with van der Waals surface area (Å²) < 4.78 is 5.17. The van der Waals surface area contributed by atoms with Crippen LogP contribution in [0.1, 0.15) is 36.0 Å². The van der Waals surface area contributed by atoms with E-state index in [9.17, 15) is 9.59 Å². The molecule has 0 bridgehead atoms. The van der Waals surface area contributed by atoms with Gasteiger partial charge in [0.05, 0.1) is 0 Å². The zero-order chi connectivity index (χ0) is 20.8. The Morgan fingerprint density at radius 3 is 2.79 bits per heavy atom. The first-order chi connectivity index (χ1) is 13.9. The Morgan fingerprint density at radius 1 is 1.28 bits per heavy atom. The van der Waals surface area contributed by atoms with Crippen LogP contribution in [0.15, 0.2) is 30.5 Å². The summed E-state index contributed by atoms with van der Waals surface area (Å²) in [6.07, 6.45) is 5.41. The number of carboxylic acid groups (broad SMARTS) is 1. The first-order valence-electron chi connectivity index (χ1n) is 9.33. The van der Waals surface area contributed by atoms with Crippen molar-refractivity contribution in [2.45, 2.75) is 37.8 Å². The average Bonchev–Trinajstić information content (AvgIpc) is 2.68. The minimum Gasteiger partial charge on any atom is -0.482 e. The summed E-state index contributed by atoms with van der Waals surface area (Å²) in [5, 5.41) is 15.0. The SMILES string of the molecule is NC(=O)c1cnc(N[C@@H]2CCCC[C@@H]2N)nc1Nc1cccc(OCC(=O)O)c1. The van der Waals surface area contributed by atoms with Crippen molar-refractivity contribution >= 4 is 29.3 Å². The number of amides is 1. The van der Waals surface area contributed by atoms with E-state index in [1.165, 1.54) is 6.20 Å². The summed E-state index contributed by atoms with van der Waals surface area (Å²) in [7, 11) is 0. The van der Waals surface area contributed by atoms with E-state index < -0.39 is 18.5 Å². The summed E-state index contributed by atoms with van der Waals surface area (Å²) in [5.74, 6) is -0.815. The quantitative estimate of drug-likeness (QED) is 0.441. The highest BCUT2D eigenvalue weighted by Gasteiger charge is 2.23. The lowest BCUT2D eigenvalue weighted by atomic mass is 9.91. The van der Waals surface area contributed by atoms with E-state index in [-0.39, 0.29) is 23.5 Å². The van der Waals surface area contributed by atoms with Crippen LogP contribution in [0.2, 0.25) is 0 Å². The summed E-state index contributed by atoms with van der Waals surface area (Å²) in [4.78, 5) is 31.0. The maximum Gasteiger partial charge on any atom is 0.341 e. The van der Waals surface area contributed by atoms with Gasteiger partial charge in [0.25, 0.3) is 5.91 Å². The van der Waals surface area contributed by atoms with Crippen LogP contribution in [-0.4, -0.2) is 45.6 Å². The number of nitrogens with zero attached hydrogens (tertiary/aromatic N) is 2. The highest BCUT2D eigenvalue weighted by Crippen LogP contribution is 2.25. The first kappa shape index (κ1) is 20.3. The van der Waals surface area contributed by atoms with Crippen LogP contribution < -0.4 is 26.8 Å². The molecule has 10 heteroatoms. The fourth-order valence-corrected chi connectivity index (χ4v) is 3.18. The van der Waals surface area contributed by atoms with Crippen molar-refractivity contribution in [3.05, 3.63) is 36.0 Å². The minimum atomic E-state index is -1.08. The van der Waals surface area contributed by atoms with E-state index in [0.717, 1.165) is 25.7 Å². The molecule has 0 saturated heterocycles. The molecule has 1 saturated carbocycles. The van der Waals surface area contributed by atoms with Crippen molar-refractivity contribution in [2.24, 2.45) is 11.5 Å². The van der Waals surface area contributed by atoms with Crippen LogP contribution in [0, 0.1) is 0 Å². The molecule has 10 nitrogen and oxygen atoms in total. The number of aliphatic carboxylic acids is 1. The van der Waals surface area contributed by atoms with Crippen molar-refractivity contribution in [1.82, 2.24) is 9.97 Å². The number of carbonyl (C=O) groups is 2. The van der Waals surface area contributed by atoms with Gasteiger partial charge < -0.3 is 31.9 Å². The third-order valence-electron chi connectivity index (χ3n) is 4.65. The molecule has 0 spiro atoms. The van der Waals surface area contributed by atoms with Crippen LogP contribution in [0.5, 0.6) is 5.75 Å². The second-order valence-electron chi connectivity index (χ2n) is 6.85. The Balaban J connectivity index is 1.80. The summed E-state index contributed by atoms with van der Waals surface area (Å²) in [6.45, 7) is -0.459. The second-order valence-corrected chi connectivity index (χ2v) is 6.85. The zero-order valence-corrected chi connectivity index (χ0v) is 15.8. The number of hydrogen-bond donors (Lipinski definition) is 5. The van der Waals surface area contributed by atoms with Gasteiger partial charge in [-0.1, -0.05) is 18.9 Å². The number of aromatic nitrogens is 2. The smallest absolute Gasteiger partial charge is 0.341 e. The van der Waals surface area contributed by atoms with Crippen LogP contribution >= 0.6 is 0 Å². The van der Waals surface area contributed by atoms with E-state index in [0.29, 0.717) is 17.4 Å². The Bertz CT molecular complexity index is 891. The minimum absolute atomic E-state index is 0.0163. The lowest BCUT2D eigenvalue weighted by Gasteiger charge is -2.29. The highest BCUT2D eigenvalue weighted by atomic mass is 16.5. The number of anilines is 3. The lowest BCUT2D eigenvalue weighted by molar-refractivity contribution is -0.139. The van der Waals surface area contributed by atoms with Gasteiger partial charge in [0.2, 0.25) is 5.95 Å². The van der Waals surface area contributed by atoms with Crippen LogP contribution in [-0.2, 0) is 4.79 Å². The van der Waals surface area contributed by atoms with E-state index in [4.69, 9.17) is 21.3 Å². The normalized spacial score (nSPS) is 18.7. The van der Waals surface area contributed by atoms with Crippen molar-refractivity contribution < 1.29 is 19.4 Å². The molecular formula is C19H24N6O4. The molecule has 0 aliphatic heterocycles. The van der Waals surface area contributed by atoms with Gasteiger partial charge in [0.15, 0.2) is 6.61 Å². The molecule has 1 heterocycles. The van der Waals surface area contributed by atoms with Crippen molar-refractivity contribution in [2.75, 3.05) is 17.2 Å². The fraction of sp³-hybridized carbons (Fsp3) is 0.368. The Labute approximate surface area is 167 Å². The monoisotopic (exact) mass is 400 g/mol. The Hall–Kier alpha value is -3.40. The highest BCUT2D eigenvalue weighted by molar-refractivity contribution is 5.98. The molecule has 1 aliphatic carbocycles. The van der Waals surface area contributed by atoms with Gasteiger partial charge in [0.1, 0.15) is 17.1 Å². The summed E-state index contributed by atoms with van der Waals surface area (Å²) in [5.41, 5.74) is 12.3. The van der Waals surface area contributed by atoms with Gasteiger partial charge in [-0.05, 0) is 25.0 Å². The van der Waals surface area contributed by atoms with Gasteiger partial charge in [-0.25, -0.2) is 9.78 Å². The van der Waals surface area contributed by atoms with Crippen molar-refractivity contribution in [1.29, 1.82) is 0 Å². The molecule has 1 aromatic heterocycles. The molecular weight excluding hydrogens is 376 g/mol. The molecule has 2 atom stereocenters. The number of benzene rings is 1. The molecule has 1 fully saturated rings. The van der Waals surface area contributed by atoms with Crippen molar-refractivity contribution in [3.63, 3.8) is 0 Å². The van der Waals surface area contributed by atoms with Gasteiger partial charge in [0, 0.05) is 30.0 Å². The Morgan fingerprint density at radius 2 is 2.07 bits per heavy atom. The first-order valence-corrected chi connectivity index (χ1v) is 9.33. The third kappa shape index (κ3) is 5.55. The molecule has 29 heavy (non-hydrogen) atoms. The lowest BCUT2D eigenvalue weighted by Crippen LogP contribution is -2.43. The van der Waals surface area contributed by atoms with Crippen molar-refractivity contribution in [3.8, 4) is 5.75 Å². The fourth-order valence-electron chi connectivity index (χ4n) is 3.18. The van der Waals surface area contributed by atoms with Gasteiger partial charge in [-0.3, -0.25) is 4.79 Å². The predicted octanol–water partition coefficient (Wildman–Crippen LogP) is 1.46. The topological polar surface area (TPSA) is 165 Å². The summed E-state index contributed by atoms with van der Waals surface area (Å²) in [6, 6.07) is 6.71. The summed E-state index contributed by atoms with van der Waals surface area (Å²) >= 11 is 0. The van der Waals surface area contributed by atoms with E-state index >= 15 is 0 Å². The van der Waals surface area contributed by atoms with Crippen LogP contribution in [0.25, 0.3) is 0 Å². The molecule has 154 valence electrons. The number of nitrogens with two attached hydrogens (primary N) is 2. The van der Waals surface area contributed by atoms with E-state index in [1.54, 1.807) is 24.3 Å². The zero-order valence-electron chi connectivity index (χ0n) is 15.8. The van der Waals surface area contributed by atoms with Crippen LogP contribution in [0.4, 0.5) is 17.5 Å². The maximum atomic E-state index is 11.8. The number of carbonyl (C=O) groups excluding carboxylic acids is 1. The largest absolute Gasteiger partial charge is 0.482 e. The molecule has 7 N–H and O–H groups in total. The predicted molar refractivity (Wildman–Crippen MR) is 107 cm³/mol. The van der Waals surface area contributed by atoms with E-state index in [2.05, 4.69) is 20.6 Å². The molecule has 1 aromatic carbocycles. The standard InChI is InChI=1S/C19H24N6O4/c20-14-6-1-2-7-15(14)24-19-22-9-13(17(21)28)18(25-19)23-11-4-3-5-12(8-11)29-10-16(26)27/h3-5,8-9,14-15H,1-2,6-7,10,20H2,(H2,21,28)(H,26,27)(H2,22,23,24,25)/t14-,15+/m0/s1. The van der Waals surface area contributed by atoms with Gasteiger partial charge in [-0.15, -0.1) is 0 Å². The molecule has 0 radical (unpaired) electrons. The third-order valence-corrected chi connectivity index (χ3v) is 4.65. The molecule has 1 aliphatic rings. The number of ether oxygens (including phenoxy) is 1. The van der Waals surface area contributed by atoms with Crippen LogP contribution in [0.3, 0.4) is 0 Å². The molecule has 2 aromatic rings. The average molecular weight is 400 g/mol. The van der Waals surface area contributed by atoms with Gasteiger partial charge in [-0.2, -0.15) is 4.98 Å². The Kier molecular flexibility index (Phi) is 6.45. The second kappa shape index (κ2) is 9.20. The number of hydrogen-bond acceptors (Lipinski definition) is 8. The molecule has 0 unspecified atom stereocenters.